The van der Waals surface area contributed by atoms with E-state index in [0.717, 1.165) is 19.3 Å². The molecule has 0 bridgehead atoms. The molecule has 0 amide bonds. The van der Waals surface area contributed by atoms with Gasteiger partial charge in [-0.2, -0.15) is 0 Å². The fraction of sp³-hybridized carbons (Fsp3) is 1.00. The minimum atomic E-state index is -0.293. The first-order valence-electron chi connectivity index (χ1n) is 4.45. The smallest absolute Gasteiger partial charge is 0.0509 e. The van der Waals surface area contributed by atoms with Gasteiger partial charge in [0.15, 0.2) is 0 Å². The topological polar surface area (TPSA) is 49.7 Å². The SMILES string of the molecule is CCC(CO)(CO)CCCOC. The first-order valence-corrected chi connectivity index (χ1v) is 4.45. The molecule has 0 saturated carbocycles. The number of ether oxygens (including phenoxy) is 1. The van der Waals surface area contributed by atoms with Crippen molar-refractivity contribution >= 4 is 0 Å². The average molecular weight is 176 g/mol. The van der Waals surface area contributed by atoms with E-state index in [1.54, 1.807) is 7.11 Å². The maximum absolute atomic E-state index is 9.08. The van der Waals surface area contributed by atoms with E-state index in [9.17, 15) is 0 Å². The van der Waals surface area contributed by atoms with E-state index in [1.165, 1.54) is 0 Å². The molecule has 3 heteroatoms. The van der Waals surface area contributed by atoms with E-state index in [2.05, 4.69) is 0 Å². The Bertz CT molecular complexity index is 91.7. The predicted octanol–water partition coefficient (Wildman–Crippen LogP) is 0.794. The number of aliphatic hydroxyl groups excluding tert-OH is 2. The summed E-state index contributed by atoms with van der Waals surface area (Å²) in [4.78, 5) is 0. The van der Waals surface area contributed by atoms with Crippen molar-refractivity contribution in [3.63, 3.8) is 0 Å². The number of aliphatic hydroxyl groups is 2. The molecule has 0 saturated heterocycles. The minimum absolute atomic E-state index is 0.0592. The molecule has 0 rings (SSSR count). The molecule has 12 heavy (non-hydrogen) atoms. The van der Waals surface area contributed by atoms with Crippen molar-refractivity contribution in [1.82, 2.24) is 0 Å². The molecule has 0 unspecified atom stereocenters. The molecular weight excluding hydrogens is 156 g/mol. The Labute approximate surface area is 74.4 Å². The van der Waals surface area contributed by atoms with Gasteiger partial charge in [0.2, 0.25) is 0 Å². The highest BCUT2D eigenvalue weighted by Crippen LogP contribution is 2.26. The summed E-state index contributed by atoms with van der Waals surface area (Å²) in [5.41, 5.74) is -0.293. The van der Waals surface area contributed by atoms with Crippen molar-refractivity contribution in [2.75, 3.05) is 26.9 Å². The molecule has 0 aromatic carbocycles. The zero-order valence-electron chi connectivity index (χ0n) is 8.05. The third-order valence-electron chi connectivity index (χ3n) is 2.48. The molecule has 74 valence electrons. The van der Waals surface area contributed by atoms with E-state index in [-0.39, 0.29) is 18.6 Å². The van der Waals surface area contributed by atoms with E-state index in [1.807, 2.05) is 6.92 Å². The minimum Gasteiger partial charge on any atom is -0.396 e. The number of methoxy groups -OCH3 is 1. The predicted molar refractivity (Wildman–Crippen MR) is 48.0 cm³/mol. The molecule has 0 aromatic rings. The second-order valence-corrected chi connectivity index (χ2v) is 3.27. The van der Waals surface area contributed by atoms with Gasteiger partial charge in [-0.1, -0.05) is 6.92 Å². The van der Waals surface area contributed by atoms with Gasteiger partial charge in [0.25, 0.3) is 0 Å². The second kappa shape index (κ2) is 6.40. The maximum atomic E-state index is 9.08. The van der Waals surface area contributed by atoms with E-state index in [0.29, 0.717) is 6.61 Å². The van der Waals surface area contributed by atoms with Crippen LogP contribution < -0.4 is 0 Å². The van der Waals surface area contributed by atoms with Crippen LogP contribution in [-0.4, -0.2) is 37.1 Å². The molecule has 0 fully saturated rings. The van der Waals surface area contributed by atoms with Gasteiger partial charge in [-0.3, -0.25) is 0 Å². The molecule has 0 aliphatic heterocycles. The van der Waals surface area contributed by atoms with Crippen molar-refractivity contribution in [1.29, 1.82) is 0 Å². The highest BCUT2D eigenvalue weighted by molar-refractivity contribution is 4.75. The molecule has 0 aromatic heterocycles. The standard InChI is InChI=1S/C9H20O3/c1-3-9(7-10,8-11)5-4-6-12-2/h10-11H,3-8H2,1-2H3. The molecule has 0 radical (unpaired) electrons. The third kappa shape index (κ3) is 3.52. The van der Waals surface area contributed by atoms with Gasteiger partial charge >= 0.3 is 0 Å². The van der Waals surface area contributed by atoms with Gasteiger partial charge in [0.1, 0.15) is 0 Å². The largest absolute Gasteiger partial charge is 0.396 e. The van der Waals surface area contributed by atoms with E-state index < -0.39 is 0 Å². The van der Waals surface area contributed by atoms with Crippen LogP contribution >= 0.6 is 0 Å². The van der Waals surface area contributed by atoms with Crippen LogP contribution in [0.5, 0.6) is 0 Å². The fourth-order valence-corrected chi connectivity index (χ4v) is 1.20. The average Bonchev–Trinajstić information content (AvgIpc) is 2.14. The first-order chi connectivity index (χ1) is 5.74. The molecule has 2 N–H and O–H groups in total. The lowest BCUT2D eigenvalue weighted by atomic mass is 9.82. The van der Waals surface area contributed by atoms with Crippen molar-refractivity contribution in [3.05, 3.63) is 0 Å². The van der Waals surface area contributed by atoms with Gasteiger partial charge in [0.05, 0.1) is 13.2 Å². The summed E-state index contributed by atoms with van der Waals surface area (Å²) in [7, 11) is 1.66. The Morgan fingerprint density at radius 2 is 1.83 bits per heavy atom. The number of hydrogen-bond donors (Lipinski definition) is 2. The summed E-state index contributed by atoms with van der Waals surface area (Å²) in [5, 5.41) is 18.2. The van der Waals surface area contributed by atoms with Gasteiger partial charge in [0, 0.05) is 19.1 Å². The number of rotatable bonds is 7. The molecule has 0 spiro atoms. The summed E-state index contributed by atoms with van der Waals surface area (Å²) < 4.78 is 4.91. The van der Waals surface area contributed by atoms with Crippen LogP contribution in [0.1, 0.15) is 26.2 Å². The Morgan fingerprint density at radius 1 is 1.25 bits per heavy atom. The fourth-order valence-electron chi connectivity index (χ4n) is 1.20. The Morgan fingerprint density at radius 3 is 2.17 bits per heavy atom. The van der Waals surface area contributed by atoms with Gasteiger partial charge in [-0.15, -0.1) is 0 Å². The summed E-state index contributed by atoms with van der Waals surface area (Å²) in [6.45, 7) is 2.80. The van der Waals surface area contributed by atoms with Crippen molar-refractivity contribution < 1.29 is 14.9 Å². The highest BCUT2D eigenvalue weighted by atomic mass is 16.5. The second-order valence-electron chi connectivity index (χ2n) is 3.27. The van der Waals surface area contributed by atoms with E-state index >= 15 is 0 Å². The molecule has 0 aliphatic rings. The zero-order chi connectivity index (χ0) is 9.45. The Balaban J connectivity index is 3.76. The lowest BCUT2D eigenvalue weighted by molar-refractivity contribution is 0.0358. The first kappa shape index (κ1) is 11.9. The maximum Gasteiger partial charge on any atom is 0.0509 e. The van der Waals surface area contributed by atoms with Gasteiger partial charge in [-0.25, -0.2) is 0 Å². The monoisotopic (exact) mass is 176 g/mol. The quantitative estimate of drug-likeness (QED) is 0.564. The molecule has 0 aliphatic carbocycles. The molecule has 3 nitrogen and oxygen atoms in total. The van der Waals surface area contributed by atoms with Crippen LogP contribution in [0.25, 0.3) is 0 Å². The Kier molecular flexibility index (Phi) is 6.34. The molecular formula is C9H20O3. The molecule has 0 heterocycles. The van der Waals surface area contributed by atoms with Crippen molar-refractivity contribution in [3.8, 4) is 0 Å². The summed E-state index contributed by atoms with van der Waals surface area (Å²) in [6, 6.07) is 0. The van der Waals surface area contributed by atoms with E-state index in [4.69, 9.17) is 14.9 Å². The summed E-state index contributed by atoms with van der Waals surface area (Å²) in [5.74, 6) is 0. The van der Waals surface area contributed by atoms with Crippen LogP contribution in [0.4, 0.5) is 0 Å². The molecule has 0 atom stereocenters. The van der Waals surface area contributed by atoms with Crippen LogP contribution in [-0.2, 0) is 4.74 Å². The van der Waals surface area contributed by atoms with Crippen LogP contribution in [0.15, 0.2) is 0 Å². The highest BCUT2D eigenvalue weighted by Gasteiger charge is 2.25. The van der Waals surface area contributed by atoms with Gasteiger partial charge in [-0.05, 0) is 19.3 Å². The van der Waals surface area contributed by atoms with Crippen LogP contribution in [0, 0.1) is 5.41 Å². The van der Waals surface area contributed by atoms with Crippen molar-refractivity contribution in [2.24, 2.45) is 5.41 Å². The summed E-state index contributed by atoms with van der Waals surface area (Å²) >= 11 is 0. The van der Waals surface area contributed by atoms with Crippen LogP contribution in [0.2, 0.25) is 0 Å². The lowest BCUT2D eigenvalue weighted by Gasteiger charge is -2.27. The number of hydrogen-bond acceptors (Lipinski definition) is 3. The lowest BCUT2D eigenvalue weighted by Crippen LogP contribution is -2.29. The summed E-state index contributed by atoms with van der Waals surface area (Å²) in [6.07, 6.45) is 2.53. The van der Waals surface area contributed by atoms with Crippen molar-refractivity contribution in [2.45, 2.75) is 26.2 Å². The normalized spacial score (nSPS) is 12.0. The third-order valence-corrected chi connectivity index (χ3v) is 2.48. The van der Waals surface area contributed by atoms with Gasteiger partial charge < -0.3 is 14.9 Å². The Hall–Kier alpha value is -0.120. The zero-order valence-corrected chi connectivity index (χ0v) is 8.05. The van der Waals surface area contributed by atoms with Crippen LogP contribution in [0.3, 0.4) is 0 Å².